The van der Waals surface area contributed by atoms with Crippen molar-refractivity contribution in [3.63, 3.8) is 0 Å². The average molecular weight is 1170 g/mol. The van der Waals surface area contributed by atoms with Gasteiger partial charge in [-0.2, -0.15) is 0 Å². The predicted molar refractivity (Wildman–Crippen MR) is 349 cm³/mol. The normalized spacial score (nSPS) is 13.5. The Morgan fingerprint density at radius 3 is 1.01 bits per heavy atom. The molecule has 0 aromatic heterocycles. The van der Waals surface area contributed by atoms with Gasteiger partial charge in [0, 0.05) is 12.8 Å². The molecule has 0 saturated heterocycles. The summed E-state index contributed by atoms with van der Waals surface area (Å²) in [6.45, 7) is 6.93. The van der Waals surface area contributed by atoms with E-state index in [0.29, 0.717) is 17.4 Å². The molecule has 0 aromatic rings. The molecule has 0 fully saturated rings. The summed E-state index contributed by atoms with van der Waals surface area (Å²) in [6, 6.07) is -0.880. The number of allylic oxidation sites excluding steroid dienone is 1. The van der Waals surface area contributed by atoms with Crippen LogP contribution in [0.25, 0.3) is 0 Å². The standard InChI is InChI=1S/C71H141N2O7P/c1-7-10-13-16-19-22-25-28-30-32-33-34-35-36-37-38-39-41-43-46-49-52-55-58-61-64-71(75)80-69(62-59-56-53-50-47-44-27-24-21-18-15-12-9-3)68(67-79-81(76,77)78-66-65-73(4,5)6)72-70(74)63-60-57-54-51-48-45-42-40-31-29-26-23-20-17-14-11-8-2/h59,62,68-69H,7-58,60-61,63-67H2,1-6H3,(H-,72,74,76,77)/b62-59-. The Balaban J connectivity index is 5.02. The minimum Gasteiger partial charge on any atom is -0.756 e. The van der Waals surface area contributed by atoms with Crippen molar-refractivity contribution in [1.29, 1.82) is 0 Å². The fourth-order valence-corrected chi connectivity index (χ4v) is 11.9. The molecule has 1 amide bonds. The summed E-state index contributed by atoms with van der Waals surface area (Å²) in [6.07, 6.45) is 73.4. The number of quaternary nitrogens is 1. The maximum atomic E-state index is 13.6. The van der Waals surface area contributed by atoms with Gasteiger partial charge in [-0.3, -0.25) is 14.2 Å². The molecule has 0 heterocycles. The number of rotatable bonds is 67. The predicted octanol–water partition coefficient (Wildman–Crippen LogP) is 22.1. The molecular weight excluding hydrogens is 1020 g/mol. The van der Waals surface area contributed by atoms with E-state index in [1.165, 1.54) is 289 Å². The number of unbranched alkanes of at least 4 members (excludes halogenated alkanes) is 51. The van der Waals surface area contributed by atoms with E-state index in [0.717, 1.165) is 57.8 Å². The van der Waals surface area contributed by atoms with E-state index in [-0.39, 0.29) is 31.5 Å². The number of amides is 1. The van der Waals surface area contributed by atoms with Gasteiger partial charge in [-0.05, 0) is 31.8 Å². The molecule has 0 radical (unpaired) electrons. The van der Waals surface area contributed by atoms with Gasteiger partial charge in [0.2, 0.25) is 5.91 Å². The number of likely N-dealkylation sites (N-methyl/N-ethyl adjacent to an activating group) is 1. The van der Waals surface area contributed by atoms with Gasteiger partial charge < -0.3 is 28.5 Å². The molecule has 10 heteroatoms. The van der Waals surface area contributed by atoms with Gasteiger partial charge in [0.15, 0.2) is 0 Å². The van der Waals surface area contributed by atoms with E-state index in [4.69, 9.17) is 13.8 Å². The van der Waals surface area contributed by atoms with Crippen molar-refractivity contribution in [2.24, 2.45) is 0 Å². The molecular formula is C71H141N2O7P. The number of ether oxygens (including phenoxy) is 1. The summed E-state index contributed by atoms with van der Waals surface area (Å²) < 4.78 is 30.5. The number of carbonyl (C=O) groups excluding carboxylic acids is 2. The highest BCUT2D eigenvalue weighted by molar-refractivity contribution is 7.45. The van der Waals surface area contributed by atoms with Crippen LogP contribution in [0.5, 0.6) is 0 Å². The zero-order valence-electron chi connectivity index (χ0n) is 55.3. The number of phosphoric acid groups is 1. The Bertz CT molecular complexity index is 1390. The molecule has 0 aromatic carbocycles. The third-order valence-corrected chi connectivity index (χ3v) is 17.7. The van der Waals surface area contributed by atoms with E-state index < -0.39 is 20.0 Å². The minimum atomic E-state index is -4.70. The van der Waals surface area contributed by atoms with Gasteiger partial charge in [0.05, 0.1) is 33.8 Å². The van der Waals surface area contributed by atoms with Gasteiger partial charge >= 0.3 is 5.97 Å². The van der Waals surface area contributed by atoms with Crippen molar-refractivity contribution in [2.45, 2.75) is 392 Å². The fraction of sp³-hybridized carbons (Fsp3) is 0.944. The summed E-state index contributed by atoms with van der Waals surface area (Å²) in [5.41, 5.74) is 0. The highest BCUT2D eigenvalue weighted by Crippen LogP contribution is 2.38. The smallest absolute Gasteiger partial charge is 0.306 e. The van der Waals surface area contributed by atoms with E-state index in [1.807, 2.05) is 33.3 Å². The van der Waals surface area contributed by atoms with Gasteiger partial charge in [-0.15, -0.1) is 0 Å². The number of nitrogens with one attached hydrogen (secondary N) is 1. The van der Waals surface area contributed by atoms with E-state index in [9.17, 15) is 19.0 Å². The monoisotopic (exact) mass is 1170 g/mol. The molecule has 81 heavy (non-hydrogen) atoms. The van der Waals surface area contributed by atoms with Crippen LogP contribution in [-0.2, 0) is 27.9 Å². The van der Waals surface area contributed by atoms with Crippen LogP contribution in [-0.4, -0.2) is 69.4 Å². The SMILES string of the molecule is CCCCCCCCCCCCC/C=C\C(OC(=O)CCCCCCCCCCCCCCCCCCCCCCCCCCC)C(COP(=O)([O-])OCC[N+](C)(C)C)NC(=O)CCCCCCCCCCCCCCCCCCC. The van der Waals surface area contributed by atoms with Crippen molar-refractivity contribution in [3.05, 3.63) is 12.2 Å². The maximum absolute atomic E-state index is 13.6. The van der Waals surface area contributed by atoms with Crippen LogP contribution >= 0.6 is 7.82 Å². The molecule has 0 aliphatic rings. The third-order valence-electron chi connectivity index (χ3n) is 16.7. The number of esters is 1. The van der Waals surface area contributed by atoms with Crippen molar-refractivity contribution in [2.75, 3.05) is 40.9 Å². The third kappa shape index (κ3) is 63.1. The van der Waals surface area contributed by atoms with Gasteiger partial charge in [-0.25, -0.2) is 0 Å². The molecule has 0 spiro atoms. The Morgan fingerprint density at radius 1 is 0.420 bits per heavy atom. The summed E-state index contributed by atoms with van der Waals surface area (Å²) in [5.74, 6) is -0.512. The van der Waals surface area contributed by atoms with Crippen LogP contribution in [0.2, 0.25) is 0 Å². The summed E-state index contributed by atoms with van der Waals surface area (Å²) in [4.78, 5) is 40.2. The largest absolute Gasteiger partial charge is 0.756 e. The van der Waals surface area contributed by atoms with Crippen molar-refractivity contribution in [3.8, 4) is 0 Å². The highest BCUT2D eigenvalue weighted by atomic mass is 31.2. The zero-order chi connectivity index (χ0) is 59.3. The lowest BCUT2D eigenvalue weighted by Crippen LogP contribution is -2.47. The van der Waals surface area contributed by atoms with Crippen LogP contribution < -0.4 is 10.2 Å². The number of hydrogen-bond acceptors (Lipinski definition) is 7. The van der Waals surface area contributed by atoms with Gasteiger partial charge in [0.25, 0.3) is 7.82 Å². The van der Waals surface area contributed by atoms with Crippen LogP contribution in [0.1, 0.15) is 380 Å². The molecule has 3 atom stereocenters. The molecule has 3 unspecified atom stereocenters. The molecule has 0 bridgehead atoms. The topological polar surface area (TPSA) is 114 Å². The van der Waals surface area contributed by atoms with E-state index >= 15 is 0 Å². The first-order valence-electron chi connectivity index (χ1n) is 36.0. The molecule has 1 N–H and O–H groups in total. The summed E-state index contributed by atoms with van der Waals surface area (Å²) >= 11 is 0. The second kappa shape index (κ2) is 61.8. The van der Waals surface area contributed by atoms with Gasteiger partial charge in [-0.1, -0.05) is 348 Å². The molecule has 0 saturated carbocycles. The quantitative estimate of drug-likeness (QED) is 0.0212. The molecule has 0 aliphatic heterocycles. The van der Waals surface area contributed by atoms with E-state index in [2.05, 4.69) is 26.1 Å². The van der Waals surface area contributed by atoms with Crippen molar-refractivity contribution >= 4 is 19.7 Å². The summed E-state index contributed by atoms with van der Waals surface area (Å²) in [5, 5.41) is 3.05. The van der Waals surface area contributed by atoms with Crippen LogP contribution in [0.3, 0.4) is 0 Å². The molecule has 482 valence electrons. The minimum absolute atomic E-state index is 0.0164. The highest BCUT2D eigenvalue weighted by Gasteiger charge is 2.27. The first kappa shape index (κ1) is 79.8. The average Bonchev–Trinajstić information content (AvgIpc) is 3.44. The van der Waals surface area contributed by atoms with Crippen molar-refractivity contribution in [1.82, 2.24) is 5.32 Å². The Hall–Kier alpha value is -1.25. The van der Waals surface area contributed by atoms with Gasteiger partial charge in [0.1, 0.15) is 19.3 Å². The zero-order valence-corrected chi connectivity index (χ0v) is 56.2. The molecule has 9 nitrogen and oxygen atoms in total. The Labute approximate surface area is 505 Å². The van der Waals surface area contributed by atoms with Crippen molar-refractivity contribution < 1.29 is 37.3 Å². The second-order valence-electron chi connectivity index (χ2n) is 26.1. The molecule has 0 aliphatic carbocycles. The molecule has 0 rings (SSSR count). The number of nitrogens with zero attached hydrogens (tertiary/aromatic N) is 1. The van der Waals surface area contributed by atoms with E-state index in [1.54, 1.807) is 0 Å². The number of phosphoric ester groups is 1. The maximum Gasteiger partial charge on any atom is 0.306 e. The number of hydrogen-bond donors (Lipinski definition) is 1. The number of carbonyl (C=O) groups is 2. The lowest BCUT2D eigenvalue weighted by Gasteiger charge is -2.30. The van der Waals surface area contributed by atoms with Crippen LogP contribution in [0.4, 0.5) is 0 Å². The lowest BCUT2D eigenvalue weighted by atomic mass is 10.0. The lowest BCUT2D eigenvalue weighted by molar-refractivity contribution is -0.870. The first-order chi connectivity index (χ1) is 39.4. The Kier molecular flexibility index (Phi) is 60.9. The fourth-order valence-electron chi connectivity index (χ4n) is 11.2. The second-order valence-corrected chi connectivity index (χ2v) is 27.5. The van der Waals surface area contributed by atoms with Crippen LogP contribution in [0.15, 0.2) is 12.2 Å². The summed E-state index contributed by atoms with van der Waals surface area (Å²) in [7, 11) is 1.21. The van der Waals surface area contributed by atoms with Crippen LogP contribution in [0, 0.1) is 0 Å². The Morgan fingerprint density at radius 2 is 0.704 bits per heavy atom. The first-order valence-corrected chi connectivity index (χ1v) is 37.5.